The van der Waals surface area contributed by atoms with E-state index in [2.05, 4.69) is 15.0 Å². The number of carbonyl (C=O) groups is 1. The zero-order chi connectivity index (χ0) is 16.3. The quantitative estimate of drug-likeness (QED) is 0.779. The number of carbonyl (C=O) groups excluding carboxylic acids is 1. The summed E-state index contributed by atoms with van der Waals surface area (Å²) in [4.78, 5) is 16.6. The van der Waals surface area contributed by atoms with Crippen molar-refractivity contribution in [1.82, 2.24) is 15.0 Å². The Balaban J connectivity index is 2.07. The zero-order valence-electron chi connectivity index (χ0n) is 11.3. The minimum absolute atomic E-state index is 0.0220. The lowest BCUT2D eigenvalue weighted by molar-refractivity contribution is 0.0946. The second-order valence-corrected chi connectivity index (χ2v) is 8.15. The van der Waals surface area contributed by atoms with Gasteiger partial charge in [-0.3, -0.25) is 4.79 Å². The Morgan fingerprint density at radius 3 is 2.68 bits per heavy atom. The summed E-state index contributed by atoms with van der Waals surface area (Å²) < 4.78 is 25.7. The summed E-state index contributed by atoms with van der Waals surface area (Å²) in [5.74, 6) is -0.487. The molecule has 0 aliphatic rings. The molecule has 0 atom stereocenters. The van der Waals surface area contributed by atoms with Crippen LogP contribution in [0.5, 0.6) is 0 Å². The molecule has 0 saturated heterocycles. The summed E-state index contributed by atoms with van der Waals surface area (Å²) >= 11 is 12.7. The van der Waals surface area contributed by atoms with Gasteiger partial charge in [-0.15, -0.1) is 11.3 Å². The first kappa shape index (κ1) is 17.2. The molecule has 10 heteroatoms. The smallest absolute Gasteiger partial charge is 0.271 e. The van der Waals surface area contributed by atoms with E-state index in [4.69, 9.17) is 23.2 Å². The van der Waals surface area contributed by atoms with Crippen LogP contribution in [0, 0.1) is 0 Å². The first-order valence-corrected chi connectivity index (χ1v) is 9.01. The second kappa shape index (κ2) is 6.93. The first-order chi connectivity index (χ1) is 10.3. The van der Waals surface area contributed by atoms with Crippen molar-refractivity contribution in [3.05, 3.63) is 45.0 Å². The van der Waals surface area contributed by atoms with E-state index in [0.29, 0.717) is 4.88 Å². The molecule has 0 aliphatic heterocycles. The normalized spacial score (nSPS) is 11.4. The van der Waals surface area contributed by atoms with Gasteiger partial charge in [0.15, 0.2) is 0 Å². The summed E-state index contributed by atoms with van der Waals surface area (Å²) in [6.45, 7) is 0.160. The van der Waals surface area contributed by atoms with Gasteiger partial charge in [-0.1, -0.05) is 23.2 Å². The fraction of sp³-hybridized carbons (Fsp3) is 0.167. The van der Waals surface area contributed by atoms with Crippen molar-refractivity contribution in [2.75, 3.05) is 7.05 Å². The van der Waals surface area contributed by atoms with Crippen LogP contribution < -0.4 is 10.0 Å². The predicted octanol–water partition coefficient (Wildman–Crippen LogP) is 2.29. The minimum Gasteiger partial charge on any atom is -0.346 e. The van der Waals surface area contributed by atoms with Crippen molar-refractivity contribution >= 4 is 50.5 Å². The van der Waals surface area contributed by atoms with Crippen molar-refractivity contribution < 1.29 is 13.2 Å². The molecule has 22 heavy (non-hydrogen) atoms. The van der Waals surface area contributed by atoms with E-state index in [1.54, 1.807) is 6.07 Å². The lowest BCUT2D eigenvalue weighted by Gasteiger charge is -2.05. The third kappa shape index (κ3) is 3.96. The Kier molecular flexibility index (Phi) is 5.41. The maximum absolute atomic E-state index is 12.0. The molecule has 2 rings (SSSR count). The second-order valence-electron chi connectivity index (χ2n) is 4.08. The molecule has 2 aromatic heterocycles. The summed E-state index contributed by atoms with van der Waals surface area (Å²) in [6, 6.07) is 6.06. The Hall–Kier alpha value is -1.19. The standard InChI is InChI=1S/C12H11Cl2N3O3S2/c1-15-22(19,20)10-5-2-7(21-10)6-16-12(18)11-8(13)3-4-9(14)17-11/h2-5,15H,6H2,1H3,(H,16,18). The van der Waals surface area contributed by atoms with Crippen LogP contribution in [-0.4, -0.2) is 26.4 Å². The highest BCUT2D eigenvalue weighted by Gasteiger charge is 2.16. The monoisotopic (exact) mass is 379 g/mol. The Morgan fingerprint density at radius 2 is 2.00 bits per heavy atom. The van der Waals surface area contributed by atoms with Gasteiger partial charge in [-0.25, -0.2) is 18.1 Å². The maximum Gasteiger partial charge on any atom is 0.271 e. The van der Waals surface area contributed by atoms with Gasteiger partial charge in [-0.2, -0.15) is 0 Å². The van der Waals surface area contributed by atoms with Gasteiger partial charge in [0.25, 0.3) is 5.91 Å². The summed E-state index contributed by atoms with van der Waals surface area (Å²) in [5.41, 5.74) is 0.0220. The van der Waals surface area contributed by atoms with Gasteiger partial charge < -0.3 is 5.32 Å². The van der Waals surface area contributed by atoms with Crippen molar-refractivity contribution in [1.29, 1.82) is 0 Å². The van der Waals surface area contributed by atoms with Gasteiger partial charge in [-0.05, 0) is 31.3 Å². The van der Waals surface area contributed by atoms with Gasteiger partial charge in [0.2, 0.25) is 10.0 Å². The molecule has 0 radical (unpaired) electrons. The average Bonchev–Trinajstić information content (AvgIpc) is 2.97. The van der Waals surface area contributed by atoms with Crippen LogP contribution >= 0.6 is 34.5 Å². The van der Waals surface area contributed by atoms with Crippen LogP contribution in [0.1, 0.15) is 15.4 Å². The molecule has 0 saturated carbocycles. The predicted molar refractivity (Wildman–Crippen MR) is 86.0 cm³/mol. The molecule has 2 aromatic rings. The van der Waals surface area contributed by atoms with Crippen LogP contribution in [0.25, 0.3) is 0 Å². The molecular formula is C12H11Cl2N3O3S2. The van der Waals surface area contributed by atoms with E-state index in [-0.39, 0.29) is 26.6 Å². The largest absolute Gasteiger partial charge is 0.346 e. The third-order valence-electron chi connectivity index (χ3n) is 2.62. The van der Waals surface area contributed by atoms with Crippen LogP contribution in [0.4, 0.5) is 0 Å². The number of pyridine rings is 1. The van der Waals surface area contributed by atoms with E-state index in [1.165, 1.54) is 25.2 Å². The number of hydrogen-bond donors (Lipinski definition) is 2. The van der Waals surface area contributed by atoms with Crippen molar-refractivity contribution in [2.24, 2.45) is 0 Å². The lowest BCUT2D eigenvalue weighted by Crippen LogP contribution is -2.23. The molecule has 0 fully saturated rings. The molecule has 6 nitrogen and oxygen atoms in total. The number of sulfonamides is 1. The van der Waals surface area contributed by atoms with E-state index >= 15 is 0 Å². The first-order valence-electron chi connectivity index (χ1n) is 5.96. The maximum atomic E-state index is 12.0. The minimum atomic E-state index is -3.48. The zero-order valence-corrected chi connectivity index (χ0v) is 14.4. The molecule has 2 heterocycles. The Bertz CT molecular complexity index is 806. The van der Waals surface area contributed by atoms with Crippen molar-refractivity contribution in [3.8, 4) is 0 Å². The SMILES string of the molecule is CNS(=O)(=O)c1ccc(CNC(=O)c2nc(Cl)ccc2Cl)s1. The fourth-order valence-electron chi connectivity index (χ4n) is 1.53. The Labute approximate surface area is 141 Å². The highest BCUT2D eigenvalue weighted by Crippen LogP contribution is 2.21. The molecule has 1 amide bonds. The molecule has 0 aliphatic carbocycles. The molecule has 118 valence electrons. The highest BCUT2D eigenvalue weighted by atomic mass is 35.5. The van der Waals surface area contributed by atoms with Crippen molar-refractivity contribution in [2.45, 2.75) is 10.8 Å². The molecule has 0 spiro atoms. The highest BCUT2D eigenvalue weighted by molar-refractivity contribution is 7.91. The van der Waals surface area contributed by atoms with Crippen LogP contribution in [-0.2, 0) is 16.6 Å². The lowest BCUT2D eigenvalue weighted by atomic mass is 10.3. The number of hydrogen-bond acceptors (Lipinski definition) is 5. The Morgan fingerprint density at radius 1 is 1.27 bits per heavy atom. The summed E-state index contributed by atoms with van der Waals surface area (Å²) in [7, 11) is -2.14. The topological polar surface area (TPSA) is 88.2 Å². The summed E-state index contributed by atoms with van der Waals surface area (Å²) in [6.07, 6.45) is 0. The average molecular weight is 380 g/mol. The van der Waals surface area contributed by atoms with E-state index in [0.717, 1.165) is 11.3 Å². The van der Waals surface area contributed by atoms with E-state index in [9.17, 15) is 13.2 Å². The van der Waals surface area contributed by atoms with Crippen LogP contribution in [0.15, 0.2) is 28.5 Å². The number of halogens is 2. The number of nitrogens with zero attached hydrogens (tertiary/aromatic N) is 1. The van der Waals surface area contributed by atoms with Gasteiger partial charge in [0.05, 0.1) is 11.6 Å². The van der Waals surface area contributed by atoms with Crippen LogP contribution in [0.2, 0.25) is 10.2 Å². The van der Waals surface area contributed by atoms with E-state index < -0.39 is 15.9 Å². The molecule has 0 unspecified atom stereocenters. The number of thiophene rings is 1. The van der Waals surface area contributed by atoms with Gasteiger partial charge >= 0.3 is 0 Å². The summed E-state index contributed by atoms with van der Waals surface area (Å²) in [5, 5.41) is 2.96. The number of aromatic nitrogens is 1. The fourth-order valence-corrected chi connectivity index (χ4v) is 4.00. The van der Waals surface area contributed by atoms with Crippen molar-refractivity contribution in [3.63, 3.8) is 0 Å². The van der Waals surface area contributed by atoms with Gasteiger partial charge in [0.1, 0.15) is 15.1 Å². The molecule has 0 bridgehead atoms. The molecular weight excluding hydrogens is 369 g/mol. The molecule has 2 N–H and O–H groups in total. The third-order valence-corrected chi connectivity index (χ3v) is 6.13. The van der Waals surface area contributed by atoms with Crippen LogP contribution in [0.3, 0.4) is 0 Å². The number of amides is 1. The van der Waals surface area contributed by atoms with Gasteiger partial charge in [0, 0.05) is 4.88 Å². The van der Waals surface area contributed by atoms with E-state index in [1.807, 2.05) is 0 Å². The number of rotatable bonds is 5. The molecule has 0 aromatic carbocycles. The number of nitrogens with one attached hydrogen (secondary N) is 2.